The van der Waals surface area contributed by atoms with E-state index in [1.165, 1.54) is 4.52 Å². The zero-order valence-electron chi connectivity index (χ0n) is 24.2. The minimum atomic E-state index is -4.60. The number of nitrogens with one attached hydrogen (secondary N) is 2. The van der Waals surface area contributed by atoms with E-state index in [-0.39, 0.29) is 23.9 Å². The highest BCUT2D eigenvalue weighted by atomic mass is 19.4. The summed E-state index contributed by atoms with van der Waals surface area (Å²) >= 11 is 0. The molecule has 3 atom stereocenters. The predicted octanol–water partition coefficient (Wildman–Crippen LogP) is 3.79. The van der Waals surface area contributed by atoms with Crippen molar-refractivity contribution in [2.75, 3.05) is 13.7 Å². The summed E-state index contributed by atoms with van der Waals surface area (Å²) in [6, 6.07) is 4.44. The molecule has 0 aromatic carbocycles. The molecule has 2 fully saturated rings. The van der Waals surface area contributed by atoms with E-state index in [2.05, 4.69) is 20.8 Å². The van der Waals surface area contributed by atoms with Crippen molar-refractivity contribution in [1.82, 2.24) is 35.0 Å². The Hall–Kier alpha value is -3.97. The monoisotopic (exact) mass is 603 g/mol. The minimum Gasteiger partial charge on any atom is -0.468 e. The van der Waals surface area contributed by atoms with Gasteiger partial charge in [-0.25, -0.2) is 9.50 Å². The third-order valence-electron chi connectivity index (χ3n) is 8.68. The highest BCUT2D eigenvalue weighted by Gasteiger charge is 2.56. The summed E-state index contributed by atoms with van der Waals surface area (Å²) < 4.78 is 48.8. The lowest BCUT2D eigenvalue weighted by Crippen LogP contribution is -2.57. The fourth-order valence-corrected chi connectivity index (χ4v) is 6.36. The van der Waals surface area contributed by atoms with Crippen molar-refractivity contribution in [2.45, 2.75) is 77.1 Å². The van der Waals surface area contributed by atoms with Gasteiger partial charge in [-0.05, 0) is 50.3 Å². The molecule has 2 N–H and O–H groups in total. The number of carbonyl (C=O) groups is 3. The molecule has 1 saturated carbocycles. The molecular formula is C29H36F3N7O4. The number of alkyl halides is 3. The van der Waals surface area contributed by atoms with Crippen LogP contribution in [0.3, 0.4) is 0 Å². The lowest BCUT2D eigenvalue weighted by molar-refractivity contribution is -0.195. The Morgan fingerprint density at radius 3 is 2.60 bits per heavy atom. The molecule has 0 bridgehead atoms. The lowest BCUT2D eigenvalue weighted by atomic mass is 9.72. The topological polar surface area (TPSA) is 133 Å². The van der Waals surface area contributed by atoms with Crippen LogP contribution >= 0.6 is 0 Å². The SMILES string of the molecule is CCn1nccc1C(=O)NC(c1cn2nc(CC3(C(=O)OC)CC(C(F)(F)F)CNC3=O)ccc2n1)C1CCCCCC1. The van der Waals surface area contributed by atoms with Crippen molar-refractivity contribution in [3.63, 3.8) is 0 Å². The van der Waals surface area contributed by atoms with Crippen molar-refractivity contribution < 1.29 is 32.3 Å². The smallest absolute Gasteiger partial charge is 0.393 e. The van der Waals surface area contributed by atoms with Gasteiger partial charge in [-0.2, -0.15) is 23.4 Å². The number of fused-ring (bicyclic) bond motifs is 1. The van der Waals surface area contributed by atoms with Crippen LogP contribution in [0.2, 0.25) is 0 Å². The summed E-state index contributed by atoms with van der Waals surface area (Å²) in [5.74, 6) is -3.89. The van der Waals surface area contributed by atoms with Gasteiger partial charge in [0.15, 0.2) is 11.1 Å². The van der Waals surface area contributed by atoms with Gasteiger partial charge in [0.2, 0.25) is 5.91 Å². The number of methoxy groups -OCH3 is 1. The number of rotatable bonds is 8. The van der Waals surface area contributed by atoms with Gasteiger partial charge in [-0.3, -0.25) is 19.1 Å². The molecule has 43 heavy (non-hydrogen) atoms. The maximum atomic E-state index is 13.6. The van der Waals surface area contributed by atoms with E-state index in [0.717, 1.165) is 45.6 Å². The van der Waals surface area contributed by atoms with Crippen LogP contribution in [0.15, 0.2) is 30.6 Å². The average molecular weight is 604 g/mol. The second-order valence-corrected chi connectivity index (χ2v) is 11.4. The fourth-order valence-electron chi connectivity index (χ4n) is 6.36. The first-order valence-electron chi connectivity index (χ1n) is 14.7. The lowest BCUT2D eigenvalue weighted by Gasteiger charge is -2.38. The maximum Gasteiger partial charge on any atom is 0.393 e. The highest BCUT2D eigenvalue weighted by Crippen LogP contribution is 2.42. The quantitative estimate of drug-likeness (QED) is 0.228. The van der Waals surface area contributed by atoms with Crippen molar-refractivity contribution in [1.29, 1.82) is 0 Å². The molecule has 5 rings (SSSR count). The van der Waals surface area contributed by atoms with Crippen molar-refractivity contribution in [3.8, 4) is 0 Å². The van der Waals surface area contributed by atoms with Crippen LogP contribution in [0.5, 0.6) is 0 Å². The van der Waals surface area contributed by atoms with Crippen LogP contribution in [0.25, 0.3) is 5.65 Å². The summed E-state index contributed by atoms with van der Waals surface area (Å²) in [6.07, 6.45) is 3.71. The molecule has 3 unspecified atom stereocenters. The molecule has 1 saturated heterocycles. The number of ether oxygens (including phenoxy) is 1. The Labute approximate surface area is 246 Å². The predicted molar refractivity (Wildman–Crippen MR) is 148 cm³/mol. The van der Waals surface area contributed by atoms with E-state index >= 15 is 0 Å². The number of nitrogens with zero attached hydrogens (tertiary/aromatic N) is 5. The molecule has 1 aliphatic heterocycles. The molecular weight excluding hydrogens is 567 g/mol. The number of aromatic nitrogens is 5. The van der Waals surface area contributed by atoms with Gasteiger partial charge in [-0.1, -0.05) is 25.7 Å². The number of carbonyl (C=O) groups excluding carboxylic acids is 3. The first kappa shape index (κ1) is 30.5. The molecule has 232 valence electrons. The zero-order valence-corrected chi connectivity index (χ0v) is 24.2. The minimum absolute atomic E-state index is 0.140. The Balaban J connectivity index is 1.47. The number of imidazole rings is 1. The second kappa shape index (κ2) is 12.3. The van der Waals surface area contributed by atoms with Crippen molar-refractivity contribution in [2.24, 2.45) is 17.3 Å². The Morgan fingerprint density at radius 2 is 1.93 bits per heavy atom. The van der Waals surface area contributed by atoms with Gasteiger partial charge in [0, 0.05) is 25.7 Å². The molecule has 4 heterocycles. The summed E-state index contributed by atoms with van der Waals surface area (Å²) in [5, 5.41) is 14.2. The Bertz CT molecular complexity index is 1470. The van der Waals surface area contributed by atoms with Crippen LogP contribution < -0.4 is 10.6 Å². The molecule has 0 radical (unpaired) electrons. The van der Waals surface area contributed by atoms with E-state index < -0.39 is 48.4 Å². The summed E-state index contributed by atoms with van der Waals surface area (Å²) in [4.78, 5) is 43.9. The number of amides is 2. The number of piperidine rings is 1. The van der Waals surface area contributed by atoms with E-state index in [1.807, 2.05) is 6.92 Å². The van der Waals surface area contributed by atoms with Crippen LogP contribution in [-0.2, 0) is 27.3 Å². The van der Waals surface area contributed by atoms with Gasteiger partial charge in [0.05, 0.1) is 36.7 Å². The first-order chi connectivity index (χ1) is 20.6. The van der Waals surface area contributed by atoms with Gasteiger partial charge < -0.3 is 15.4 Å². The van der Waals surface area contributed by atoms with Gasteiger partial charge in [0.1, 0.15) is 5.69 Å². The molecule has 14 heteroatoms. The standard InChI is InChI=1S/C29H36F3N7O4/c1-3-38-22(12-13-34-38)25(40)36-24(18-8-6-4-5-7-9-18)21-17-39-23(35-21)11-10-20(37-39)15-28(27(42)43-2)14-19(29(30,31)32)16-33-26(28)41/h10-13,17-19,24H,3-9,14-16H2,1-2H3,(H,33,41)(H,36,40). The largest absolute Gasteiger partial charge is 0.468 e. The Kier molecular flexibility index (Phi) is 8.74. The molecule has 0 spiro atoms. The van der Waals surface area contributed by atoms with Crippen molar-refractivity contribution >= 4 is 23.4 Å². The molecule has 11 nitrogen and oxygen atoms in total. The van der Waals surface area contributed by atoms with Crippen LogP contribution in [-0.4, -0.2) is 62.0 Å². The third kappa shape index (κ3) is 6.23. The summed E-state index contributed by atoms with van der Waals surface area (Å²) in [6.45, 7) is 1.84. The van der Waals surface area contributed by atoms with Gasteiger partial charge in [0.25, 0.3) is 5.91 Å². The fraction of sp³-hybridized carbons (Fsp3) is 0.586. The molecule has 2 amide bonds. The molecule has 1 aliphatic carbocycles. The maximum absolute atomic E-state index is 13.6. The van der Waals surface area contributed by atoms with Gasteiger partial charge >= 0.3 is 12.1 Å². The average Bonchev–Trinajstić information content (AvgIpc) is 3.55. The summed E-state index contributed by atoms with van der Waals surface area (Å²) in [5.41, 5.74) is -0.361. The number of esters is 1. The molecule has 3 aromatic heterocycles. The Morgan fingerprint density at radius 1 is 1.19 bits per heavy atom. The van der Waals surface area contributed by atoms with E-state index in [1.54, 1.807) is 35.3 Å². The van der Waals surface area contributed by atoms with Gasteiger partial charge in [-0.15, -0.1) is 0 Å². The third-order valence-corrected chi connectivity index (χ3v) is 8.68. The number of hydrogen-bond donors (Lipinski definition) is 2. The normalized spacial score (nSPS) is 22.5. The van der Waals surface area contributed by atoms with E-state index in [9.17, 15) is 27.6 Å². The van der Waals surface area contributed by atoms with Crippen LogP contribution in [0, 0.1) is 17.3 Å². The second-order valence-electron chi connectivity index (χ2n) is 11.4. The number of aryl methyl sites for hydroxylation is 1. The number of hydrogen-bond acceptors (Lipinski definition) is 7. The van der Waals surface area contributed by atoms with Crippen LogP contribution in [0.4, 0.5) is 13.2 Å². The molecule has 3 aromatic rings. The molecule has 2 aliphatic rings. The van der Waals surface area contributed by atoms with E-state index in [4.69, 9.17) is 9.72 Å². The number of halogens is 3. The van der Waals surface area contributed by atoms with Crippen LogP contribution in [0.1, 0.15) is 79.8 Å². The summed E-state index contributed by atoms with van der Waals surface area (Å²) in [7, 11) is 1.04. The van der Waals surface area contributed by atoms with Crippen molar-refractivity contribution in [3.05, 3.63) is 47.7 Å². The zero-order chi connectivity index (χ0) is 30.8. The van der Waals surface area contributed by atoms with E-state index in [0.29, 0.717) is 23.6 Å². The first-order valence-corrected chi connectivity index (χ1v) is 14.7. The highest BCUT2D eigenvalue weighted by molar-refractivity contribution is 6.03.